The zero-order chi connectivity index (χ0) is 26.4. The maximum absolute atomic E-state index is 14.2. The summed E-state index contributed by atoms with van der Waals surface area (Å²) in [6.07, 6.45) is 11.9. The number of amides is 1. The van der Waals surface area contributed by atoms with Crippen LogP contribution in [0, 0.1) is 11.3 Å². The van der Waals surface area contributed by atoms with Gasteiger partial charge in [-0.25, -0.2) is 0 Å². The Morgan fingerprint density at radius 1 is 0.757 bits per heavy atom. The number of hydrogen-bond donors (Lipinski definition) is 1. The van der Waals surface area contributed by atoms with Crippen LogP contribution < -0.4 is 16.1 Å². The molecule has 3 atom stereocenters. The lowest BCUT2D eigenvalue weighted by Crippen LogP contribution is -2.56. The molecule has 0 spiro atoms. The number of carbonyl (C=O) groups is 1. The van der Waals surface area contributed by atoms with Gasteiger partial charge in [-0.2, -0.15) is 0 Å². The van der Waals surface area contributed by atoms with Crippen molar-refractivity contribution in [2.24, 2.45) is 17.1 Å². The molecule has 0 heterocycles. The van der Waals surface area contributed by atoms with E-state index in [0.29, 0.717) is 0 Å². The zero-order valence-electron chi connectivity index (χ0n) is 23.6. The van der Waals surface area contributed by atoms with Crippen molar-refractivity contribution in [1.29, 1.82) is 0 Å². The van der Waals surface area contributed by atoms with Crippen LogP contribution in [0.25, 0.3) is 0 Å². The third-order valence-corrected chi connectivity index (χ3v) is 13.7. The maximum Gasteiger partial charge on any atom is 0.227 e. The SMILES string of the molecule is CC1=C(C)C(C)C(C2(C(N)=O)CCCCCCCCCCC2[SiH](c2ccccc2)c2ccccc2)=C1C. The molecule has 4 rings (SSSR count). The molecule has 3 heteroatoms. The molecule has 2 aliphatic carbocycles. The predicted molar refractivity (Wildman–Crippen MR) is 161 cm³/mol. The average Bonchev–Trinajstić information content (AvgIpc) is 3.09. The Kier molecular flexibility index (Phi) is 9.29. The minimum absolute atomic E-state index is 0.0809. The van der Waals surface area contributed by atoms with Crippen molar-refractivity contribution in [3.05, 3.63) is 83.0 Å². The van der Waals surface area contributed by atoms with Gasteiger partial charge in [0, 0.05) is 0 Å². The first-order chi connectivity index (χ1) is 17.9. The number of nitrogens with two attached hydrogens (primary N) is 1. The van der Waals surface area contributed by atoms with Crippen LogP contribution >= 0.6 is 0 Å². The van der Waals surface area contributed by atoms with Crippen molar-refractivity contribution in [1.82, 2.24) is 0 Å². The molecular weight excluding hydrogens is 466 g/mol. The summed E-state index contributed by atoms with van der Waals surface area (Å²) >= 11 is 0. The number of carbonyl (C=O) groups excluding carboxylic acids is 1. The quantitative estimate of drug-likeness (QED) is 0.426. The Labute approximate surface area is 227 Å². The summed E-state index contributed by atoms with van der Waals surface area (Å²) in [6, 6.07) is 22.2. The monoisotopic (exact) mass is 513 g/mol. The fraction of sp³-hybridized carbons (Fsp3) is 0.500. The summed E-state index contributed by atoms with van der Waals surface area (Å²) in [5, 5.41) is 2.86. The number of primary amides is 1. The van der Waals surface area contributed by atoms with Gasteiger partial charge in [-0.05, 0) is 55.4 Å². The van der Waals surface area contributed by atoms with Crippen LogP contribution in [0.2, 0.25) is 5.54 Å². The molecule has 2 aromatic rings. The lowest BCUT2D eigenvalue weighted by Gasteiger charge is -2.46. The minimum atomic E-state index is -1.83. The van der Waals surface area contributed by atoms with E-state index in [4.69, 9.17) is 5.73 Å². The highest BCUT2D eigenvalue weighted by atomic mass is 28.3. The van der Waals surface area contributed by atoms with E-state index >= 15 is 0 Å². The Morgan fingerprint density at radius 3 is 1.70 bits per heavy atom. The van der Waals surface area contributed by atoms with Crippen LogP contribution in [0.4, 0.5) is 0 Å². The van der Waals surface area contributed by atoms with Crippen LogP contribution in [0.5, 0.6) is 0 Å². The van der Waals surface area contributed by atoms with Crippen LogP contribution in [-0.2, 0) is 4.79 Å². The molecule has 3 unspecified atom stereocenters. The number of hydrogen-bond acceptors (Lipinski definition) is 1. The van der Waals surface area contributed by atoms with E-state index in [1.165, 1.54) is 77.6 Å². The number of allylic oxidation sites excluding steroid dienone is 3. The van der Waals surface area contributed by atoms with Gasteiger partial charge in [-0.15, -0.1) is 0 Å². The molecule has 0 radical (unpaired) electrons. The molecule has 2 aliphatic rings. The van der Waals surface area contributed by atoms with Crippen molar-refractivity contribution in [2.45, 2.75) is 97.4 Å². The number of benzene rings is 2. The molecule has 2 nitrogen and oxygen atoms in total. The highest BCUT2D eigenvalue weighted by Gasteiger charge is 2.53. The van der Waals surface area contributed by atoms with Gasteiger partial charge in [0.1, 0.15) is 8.80 Å². The lowest BCUT2D eigenvalue weighted by molar-refractivity contribution is -0.126. The Bertz CT molecular complexity index is 1080. The fourth-order valence-electron chi connectivity index (χ4n) is 7.55. The minimum Gasteiger partial charge on any atom is -0.369 e. The van der Waals surface area contributed by atoms with Crippen LogP contribution in [0.15, 0.2) is 83.0 Å². The van der Waals surface area contributed by atoms with Gasteiger partial charge < -0.3 is 5.73 Å². The van der Waals surface area contributed by atoms with E-state index in [2.05, 4.69) is 88.4 Å². The summed E-state index contributed by atoms with van der Waals surface area (Å²) < 4.78 is 0. The molecule has 37 heavy (non-hydrogen) atoms. The lowest BCUT2D eigenvalue weighted by atomic mass is 9.66. The maximum atomic E-state index is 14.2. The molecule has 0 aromatic heterocycles. The van der Waals surface area contributed by atoms with Crippen molar-refractivity contribution >= 4 is 25.1 Å². The normalized spacial score (nSPS) is 26.2. The third kappa shape index (κ3) is 5.57. The average molecular weight is 514 g/mol. The number of rotatable bonds is 5. The topological polar surface area (TPSA) is 43.1 Å². The molecular formula is C34H47NOSi. The smallest absolute Gasteiger partial charge is 0.227 e. The fourth-order valence-corrected chi connectivity index (χ4v) is 11.8. The summed E-state index contributed by atoms with van der Waals surface area (Å²) in [7, 11) is -1.83. The van der Waals surface area contributed by atoms with Gasteiger partial charge in [0.2, 0.25) is 5.91 Å². The highest BCUT2D eigenvalue weighted by Crippen LogP contribution is 2.56. The first-order valence-corrected chi connectivity index (χ1v) is 16.5. The Hall–Kier alpha value is -2.39. The molecule has 0 saturated heterocycles. The first-order valence-electron chi connectivity index (χ1n) is 14.7. The molecule has 2 aromatic carbocycles. The largest absolute Gasteiger partial charge is 0.369 e. The summed E-state index contributed by atoms with van der Waals surface area (Å²) in [5.74, 6) is 0.187. The van der Waals surface area contributed by atoms with E-state index in [-0.39, 0.29) is 17.4 Å². The van der Waals surface area contributed by atoms with Gasteiger partial charge >= 0.3 is 0 Å². The highest BCUT2D eigenvalue weighted by molar-refractivity contribution is 6.86. The molecule has 0 bridgehead atoms. The van der Waals surface area contributed by atoms with E-state index in [1.54, 1.807) is 0 Å². The second-order valence-corrected chi connectivity index (χ2v) is 14.8. The Morgan fingerprint density at radius 2 is 1.24 bits per heavy atom. The molecule has 0 aliphatic heterocycles. The first kappa shape index (κ1) is 27.6. The van der Waals surface area contributed by atoms with Gasteiger partial charge in [-0.3, -0.25) is 4.79 Å². The predicted octanol–water partition coefficient (Wildman–Crippen LogP) is 7.09. The van der Waals surface area contributed by atoms with E-state index in [9.17, 15) is 4.79 Å². The molecule has 198 valence electrons. The van der Waals surface area contributed by atoms with E-state index in [0.717, 1.165) is 19.3 Å². The second kappa shape index (κ2) is 12.4. The van der Waals surface area contributed by atoms with E-state index in [1.807, 2.05) is 0 Å². The van der Waals surface area contributed by atoms with Gasteiger partial charge in [0.05, 0.1) is 5.41 Å². The standard InChI is InChI=1S/C34H47NOSi/c1-25-26(2)28(4)32(27(25)3)34(33(35)36)24-18-10-8-6-5-7-9-17-23-31(34)37(29-19-13-11-14-20-29)30-21-15-12-16-22-30/h11-16,19-22,27,31,37H,5-10,17-18,23-24H2,1-4H3,(H2,35,36). The van der Waals surface area contributed by atoms with E-state index < -0.39 is 14.2 Å². The Balaban J connectivity index is 1.97. The van der Waals surface area contributed by atoms with Gasteiger partial charge in [-0.1, -0.05) is 141 Å². The van der Waals surface area contributed by atoms with Crippen LogP contribution in [0.3, 0.4) is 0 Å². The zero-order valence-corrected chi connectivity index (χ0v) is 24.7. The third-order valence-electron chi connectivity index (χ3n) is 9.75. The molecule has 1 fully saturated rings. The van der Waals surface area contributed by atoms with Crippen molar-refractivity contribution in [3.63, 3.8) is 0 Å². The molecule has 2 N–H and O–H groups in total. The van der Waals surface area contributed by atoms with Crippen LogP contribution in [-0.4, -0.2) is 14.7 Å². The molecule has 1 saturated carbocycles. The second-order valence-electron chi connectivity index (χ2n) is 11.7. The summed E-state index contributed by atoms with van der Waals surface area (Å²) in [6.45, 7) is 9.09. The summed E-state index contributed by atoms with van der Waals surface area (Å²) in [4.78, 5) is 14.2. The van der Waals surface area contributed by atoms with Gasteiger partial charge in [0.15, 0.2) is 0 Å². The molecule has 1 amide bonds. The van der Waals surface area contributed by atoms with Crippen molar-refractivity contribution in [2.75, 3.05) is 0 Å². The summed E-state index contributed by atoms with van der Waals surface area (Å²) in [5.41, 5.74) is 11.8. The van der Waals surface area contributed by atoms with Crippen LogP contribution in [0.1, 0.15) is 91.9 Å². The van der Waals surface area contributed by atoms with Crippen molar-refractivity contribution in [3.8, 4) is 0 Å². The van der Waals surface area contributed by atoms with Gasteiger partial charge in [0.25, 0.3) is 0 Å². The van der Waals surface area contributed by atoms with Crippen molar-refractivity contribution < 1.29 is 4.79 Å².